The average Bonchev–Trinajstić information content (AvgIpc) is 2.15. The second-order valence-electron chi connectivity index (χ2n) is 2.20. The molecule has 0 saturated heterocycles. The summed E-state index contributed by atoms with van der Waals surface area (Å²) < 4.78 is 16.2. The van der Waals surface area contributed by atoms with Crippen LogP contribution in [0.25, 0.3) is 0 Å². The summed E-state index contributed by atoms with van der Waals surface area (Å²) in [5.41, 5.74) is 0. The summed E-state index contributed by atoms with van der Waals surface area (Å²) in [7, 11) is 0. The summed E-state index contributed by atoms with van der Waals surface area (Å²) in [6.07, 6.45) is 0. The highest BCUT2D eigenvalue weighted by Gasteiger charge is 2.02. The molecule has 0 fully saturated rings. The van der Waals surface area contributed by atoms with Gasteiger partial charge in [-0.3, -0.25) is 4.18 Å². The van der Waals surface area contributed by atoms with Crippen molar-refractivity contribution in [1.29, 1.82) is 0 Å². The molecule has 0 spiro atoms. The van der Waals surface area contributed by atoms with E-state index in [1.807, 2.05) is 0 Å². The van der Waals surface area contributed by atoms with Crippen molar-refractivity contribution >= 4 is 34.3 Å². The number of rotatable bonds is 4. The van der Waals surface area contributed by atoms with Crippen LogP contribution in [0.3, 0.4) is 0 Å². The van der Waals surface area contributed by atoms with Crippen LogP contribution in [0.5, 0.6) is 0 Å². The second kappa shape index (κ2) is 5.60. The number of hydrogen-bond donors (Lipinski definition) is 0. The molecule has 1 rings (SSSR count). The van der Waals surface area contributed by atoms with Crippen LogP contribution in [-0.2, 0) is 15.3 Å². The van der Waals surface area contributed by atoms with Gasteiger partial charge in [-0.2, -0.15) is 0 Å². The van der Waals surface area contributed by atoms with Gasteiger partial charge in [-0.15, -0.1) is 11.6 Å². The number of benzene rings is 1. The van der Waals surface area contributed by atoms with E-state index in [1.165, 1.54) is 0 Å². The van der Waals surface area contributed by atoms with Crippen molar-refractivity contribution in [2.24, 2.45) is 0 Å². The van der Waals surface area contributed by atoms with Gasteiger partial charge in [0.05, 0.1) is 11.5 Å². The Morgan fingerprint density at radius 2 is 1.92 bits per heavy atom. The normalized spacial score (nSPS) is 12.8. The lowest BCUT2D eigenvalue weighted by atomic mass is 10.4. The third-order valence-electron chi connectivity index (χ3n) is 1.27. The van der Waals surface area contributed by atoms with Crippen LogP contribution >= 0.6 is 23.2 Å². The fraction of sp³-hybridized carbons (Fsp3) is 0.250. The SMILES string of the molecule is O=S(OCCCl)c1ccc(Cl)cc1. The average molecular weight is 239 g/mol. The number of hydrogen-bond acceptors (Lipinski definition) is 2. The molecular weight excluding hydrogens is 231 g/mol. The van der Waals surface area contributed by atoms with E-state index in [2.05, 4.69) is 0 Å². The molecule has 72 valence electrons. The molecule has 1 aromatic carbocycles. The maximum Gasteiger partial charge on any atom is 0.189 e. The maximum atomic E-state index is 11.3. The molecule has 0 N–H and O–H groups in total. The molecule has 0 heterocycles. The van der Waals surface area contributed by atoms with Crippen molar-refractivity contribution in [3.05, 3.63) is 29.3 Å². The van der Waals surface area contributed by atoms with Crippen LogP contribution in [-0.4, -0.2) is 16.7 Å². The smallest absolute Gasteiger partial charge is 0.189 e. The topological polar surface area (TPSA) is 26.3 Å². The van der Waals surface area contributed by atoms with Crippen LogP contribution < -0.4 is 0 Å². The van der Waals surface area contributed by atoms with E-state index in [0.29, 0.717) is 15.8 Å². The number of alkyl halides is 1. The lowest BCUT2D eigenvalue weighted by Crippen LogP contribution is -2.00. The lowest BCUT2D eigenvalue weighted by molar-refractivity contribution is 0.374. The van der Waals surface area contributed by atoms with Crippen molar-refractivity contribution in [2.75, 3.05) is 12.5 Å². The van der Waals surface area contributed by atoms with E-state index >= 15 is 0 Å². The molecule has 0 bridgehead atoms. The molecule has 2 nitrogen and oxygen atoms in total. The molecule has 0 saturated carbocycles. The highest BCUT2D eigenvalue weighted by Crippen LogP contribution is 2.13. The van der Waals surface area contributed by atoms with Crippen molar-refractivity contribution < 1.29 is 8.39 Å². The van der Waals surface area contributed by atoms with Crippen LogP contribution in [0.4, 0.5) is 0 Å². The Bertz CT molecular complexity index is 287. The summed E-state index contributed by atoms with van der Waals surface area (Å²) in [5.74, 6) is 0.333. The van der Waals surface area contributed by atoms with Crippen LogP contribution in [0.1, 0.15) is 0 Å². The molecule has 0 radical (unpaired) electrons. The van der Waals surface area contributed by atoms with E-state index in [0.717, 1.165) is 0 Å². The van der Waals surface area contributed by atoms with Crippen molar-refractivity contribution in [1.82, 2.24) is 0 Å². The zero-order chi connectivity index (χ0) is 9.68. The predicted molar refractivity (Wildman–Crippen MR) is 54.5 cm³/mol. The number of halogens is 2. The highest BCUT2D eigenvalue weighted by atomic mass is 35.5. The van der Waals surface area contributed by atoms with E-state index in [9.17, 15) is 4.21 Å². The first kappa shape index (κ1) is 11.0. The summed E-state index contributed by atoms with van der Waals surface area (Å²) in [5, 5.41) is 0.609. The molecule has 5 heteroatoms. The monoisotopic (exact) mass is 238 g/mol. The fourth-order valence-electron chi connectivity index (χ4n) is 0.721. The summed E-state index contributed by atoms with van der Waals surface area (Å²) in [6.45, 7) is 0.275. The van der Waals surface area contributed by atoms with Crippen LogP contribution in [0.2, 0.25) is 5.02 Å². The van der Waals surface area contributed by atoms with E-state index < -0.39 is 11.1 Å². The van der Waals surface area contributed by atoms with E-state index in [-0.39, 0.29) is 6.61 Å². The Morgan fingerprint density at radius 3 is 2.46 bits per heavy atom. The second-order valence-corrected chi connectivity index (χ2v) is 4.19. The Hall–Kier alpha value is -0.0900. The standard InChI is InChI=1S/C8H8Cl2O2S/c9-5-6-12-13(11)8-3-1-7(10)2-4-8/h1-4H,5-6H2. The molecule has 0 aromatic heterocycles. The maximum absolute atomic E-state index is 11.3. The summed E-state index contributed by atoms with van der Waals surface area (Å²) in [4.78, 5) is 0.592. The molecule has 1 atom stereocenters. The first-order chi connectivity index (χ1) is 6.24. The van der Waals surface area contributed by atoms with Crippen molar-refractivity contribution in [2.45, 2.75) is 4.90 Å². The molecule has 1 unspecified atom stereocenters. The largest absolute Gasteiger partial charge is 0.285 e. The minimum Gasteiger partial charge on any atom is -0.285 e. The van der Waals surface area contributed by atoms with Gasteiger partial charge >= 0.3 is 0 Å². The Kier molecular flexibility index (Phi) is 4.73. The zero-order valence-electron chi connectivity index (χ0n) is 6.70. The minimum absolute atomic E-state index is 0.275. The first-order valence-electron chi connectivity index (χ1n) is 3.60. The van der Waals surface area contributed by atoms with Gasteiger partial charge in [0.2, 0.25) is 0 Å². The van der Waals surface area contributed by atoms with E-state index in [1.54, 1.807) is 24.3 Å². The van der Waals surface area contributed by atoms with Gasteiger partial charge in [-0.05, 0) is 24.3 Å². The van der Waals surface area contributed by atoms with Gasteiger partial charge in [-0.25, -0.2) is 4.21 Å². The van der Waals surface area contributed by atoms with Gasteiger partial charge in [0.25, 0.3) is 0 Å². The van der Waals surface area contributed by atoms with Crippen molar-refractivity contribution in [3.8, 4) is 0 Å². The van der Waals surface area contributed by atoms with Crippen LogP contribution in [0.15, 0.2) is 29.2 Å². The lowest BCUT2D eigenvalue weighted by Gasteiger charge is -2.00. The molecule has 0 aliphatic carbocycles. The molecular formula is C8H8Cl2O2S. The predicted octanol–water partition coefficient (Wildman–Crippen LogP) is 2.62. The van der Waals surface area contributed by atoms with Gasteiger partial charge in [-0.1, -0.05) is 11.6 Å². The Morgan fingerprint density at radius 1 is 1.31 bits per heavy atom. The van der Waals surface area contributed by atoms with Gasteiger partial charge < -0.3 is 0 Å². The molecule has 0 amide bonds. The Labute approximate surface area is 89.5 Å². The third-order valence-corrected chi connectivity index (χ3v) is 2.72. The summed E-state index contributed by atoms with van der Waals surface area (Å²) in [6, 6.07) is 6.65. The molecule has 13 heavy (non-hydrogen) atoms. The van der Waals surface area contributed by atoms with Crippen LogP contribution in [0, 0.1) is 0 Å². The van der Waals surface area contributed by atoms with Gasteiger partial charge in [0, 0.05) is 10.9 Å². The molecule has 1 aromatic rings. The molecule has 0 aliphatic rings. The quantitative estimate of drug-likeness (QED) is 0.755. The fourth-order valence-corrected chi connectivity index (χ4v) is 1.74. The van der Waals surface area contributed by atoms with Gasteiger partial charge in [0.1, 0.15) is 0 Å². The highest BCUT2D eigenvalue weighted by molar-refractivity contribution is 7.80. The first-order valence-corrected chi connectivity index (χ1v) is 5.59. The van der Waals surface area contributed by atoms with Crippen molar-refractivity contribution in [3.63, 3.8) is 0 Å². The summed E-state index contributed by atoms with van der Waals surface area (Å²) >= 11 is 9.60. The third kappa shape index (κ3) is 3.65. The van der Waals surface area contributed by atoms with Gasteiger partial charge in [0.15, 0.2) is 11.1 Å². The zero-order valence-corrected chi connectivity index (χ0v) is 9.03. The molecule has 0 aliphatic heterocycles. The minimum atomic E-state index is -1.43. The van der Waals surface area contributed by atoms with E-state index in [4.69, 9.17) is 27.4 Å². The Balaban J connectivity index is 2.61.